The standard InChI is InChI=1S/C24H24N6O/c1-13-27-19-9-8-14(10-20(19)28-13)30-23(25)16(12-26-30)22(31)21-11-15-17(24(2,3)4)6-5-7-18(15)29-21/h5-12,29H,25H2,1-4H3,(H,27,28). The van der Waals surface area contributed by atoms with E-state index in [1.54, 1.807) is 4.68 Å². The lowest BCUT2D eigenvalue weighted by Gasteiger charge is -2.19. The van der Waals surface area contributed by atoms with Gasteiger partial charge in [0.25, 0.3) is 0 Å². The van der Waals surface area contributed by atoms with Crippen molar-refractivity contribution >= 4 is 33.5 Å². The van der Waals surface area contributed by atoms with Gasteiger partial charge in [0.1, 0.15) is 11.6 Å². The molecule has 31 heavy (non-hydrogen) atoms. The van der Waals surface area contributed by atoms with Crippen LogP contribution in [0.3, 0.4) is 0 Å². The number of hydrogen-bond acceptors (Lipinski definition) is 4. The highest BCUT2D eigenvalue weighted by Crippen LogP contribution is 2.31. The molecule has 156 valence electrons. The van der Waals surface area contributed by atoms with E-state index >= 15 is 0 Å². The summed E-state index contributed by atoms with van der Waals surface area (Å²) in [6, 6.07) is 13.7. The molecule has 3 heterocycles. The number of imidazole rings is 1. The molecule has 0 amide bonds. The van der Waals surface area contributed by atoms with Gasteiger partial charge >= 0.3 is 0 Å². The molecule has 7 nitrogen and oxygen atoms in total. The highest BCUT2D eigenvalue weighted by Gasteiger charge is 2.22. The van der Waals surface area contributed by atoms with Crippen LogP contribution in [0, 0.1) is 6.92 Å². The molecule has 0 aliphatic rings. The number of fused-ring (bicyclic) bond motifs is 2. The Hall–Kier alpha value is -3.87. The fraction of sp³-hybridized carbons (Fsp3) is 0.208. The van der Waals surface area contributed by atoms with Gasteiger partial charge in [-0.05, 0) is 48.2 Å². The third-order valence-corrected chi connectivity index (χ3v) is 5.60. The van der Waals surface area contributed by atoms with Crippen LogP contribution in [0.25, 0.3) is 27.6 Å². The van der Waals surface area contributed by atoms with Crippen LogP contribution in [0.15, 0.2) is 48.7 Å². The molecule has 7 heteroatoms. The first-order valence-electron chi connectivity index (χ1n) is 10.2. The molecule has 0 unspecified atom stereocenters. The summed E-state index contributed by atoms with van der Waals surface area (Å²) in [5.41, 5.74) is 11.8. The number of aromatic amines is 2. The van der Waals surface area contributed by atoms with Crippen molar-refractivity contribution in [3.8, 4) is 5.69 Å². The molecule has 5 aromatic rings. The molecule has 2 aromatic carbocycles. The molecule has 0 fully saturated rings. The molecular formula is C24H24N6O. The Morgan fingerprint density at radius 3 is 2.65 bits per heavy atom. The Morgan fingerprint density at radius 2 is 1.87 bits per heavy atom. The van der Waals surface area contributed by atoms with Crippen LogP contribution >= 0.6 is 0 Å². The molecule has 5 rings (SSSR count). The summed E-state index contributed by atoms with van der Waals surface area (Å²) in [5, 5.41) is 5.43. The highest BCUT2D eigenvalue weighted by atomic mass is 16.1. The number of anilines is 1. The number of carbonyl (C=O) groups is 1. The number of ketones is 1. The number of nitrogens with two attached hydrogens (primary N) is 1. The van der Waals surface area contributed by atoms with E-state index in [0.29, 0.717) is 17.1 Å². The molecular weight excluding hydrogens is 388 g/mol. The SMILES string of the molecule is Cc1nc2ccc(-n3ncc(C(=O)c4cc5c(C(C)(C)C)cccc5[nH]4)c3N)cc2[nH]1. The maximum Gasteiger partial charge on any atom is 0.214 e. The lowest BCUT2D eigenvalue weighted by Crippen LogP contribution is -2.11. The second kappa shape index (κ2) is 6.57. The van der Waals surface area contributed by atoms with Gasteiger partial charge in [0.15, 0.2) is 0 Å². The smallest absolute Gasteiger partial charge is 0.214 e. The minimum absolute atomic E-state index is 0.0321. The van der Waals surface area contributed by atoms with E-state index < -0.39 is 0 Å². The van der Waals surface area contributed by atoms with E-state index in [0.717, 1.165) is 33.4 Å². The predicted molar refractivity (Wildman–Crippen MR) is 123 cm³/mol. The molecule has 0 radical (unpaired) electrons. The number of nitrogen functional groups attached to an aromatic ring is 1. The number of rotatable bonds is 3. The number of aryl methyl sites for hydroxylation is 1. The second-order valence-corrected chi connectivity index (χ2v) is 8.91. The zero-order valence-corrected chi connectivity index (χ0v) is 17.9. The Balaban J connectivity index is 1.55. The molecule has 3 aromatic heterocycles. The minimum atomic E-state index is -0.182. The number of H-pyrrole nitrogens is 2. The average molecular weight is 412 g/mol. The van der Waals surface area contributed by atoms with Gasteiger partial charge in [-0.25, -0.2) is 9.67 Å². The van der Waals surface area contributed by atoms with E-state index in [2.05, 4.69) is 46.9 Å². The third kappa shape index (κ3) is 3.09. The lowest BCUT2D eigenvalue weighted by atomic mass is 9.85. The van der Waals surface area contributed by atoms with Gasteiger partial charge in [-0.2, -0.15) is 5.10 Å². The fourth-order valence-electron chi connectivity index (χ4n) is 4.07. The monoisotopic (exact) mass is 412 g/mol. The lowest BCUT2D eigenvalue weighted by molar-refractivity contribution is 0.103. The first-order valence-corrected chi connectivity index (χ1v) is 10.2. The summed E-state index contributed by atoms with van der Waals surface area (Å²) >= 11 is 0. The van der Waals surface area contributed by atoms with Crippen LogP contribution in [0.1, 0.15) is 48.2 Å². The van der Waals surface area contributed by atoms with Gasteiger partial charge in [-0.1, -0.05) is 32.9 Å². The predicted octanol–water partition coefficient (Wildman–Crippen LogP) is 4.65. The first-order chi connectivity index (χ1) is 14.7. The molecule has 0 saturated carbocycles. The van der Waals surface area contributed by atoms with Gasteiger partial charge in [0.2, 0.25) is 5.78 Å². The van der Waals surface area contributed by atoms with E-state index in [1.807, 2.05) is 43.3 Å². The quantitative estimate of drug-likeness (QED) is 0.375. The van der Waals surface area contributed by atoms with E-state index in [4.69, 9.17) is 5.73 Å². The van der Waals surface area contributed by atoms with Crippen molar-refractivity contribution in [1.29, 1.82) is 0 Å². The zero-order chi connectivity index (χ0) is 21.9. The molecule has 0 aliphatic heterocycles. The number of carbonyl (C=O) groups excluding carboxylic acids is 1. The normalized spacial score (nSPS) is 12.1. The summed E-state index contributed by atoms with van der Waals surface area (Å²) < 4.78 is 1.58. The van der Waals surface area contributed by atoms with Gasteiger partial charge in [-0.15, -0.1) is 0 Å². The number of nitrogens with zero attached hydrogens (tertiary/aromatic N) is 3. The van der Waals surface area contributed by atoms with E-state index in [1.165, 1.54) is 11.8 Å². The first kappa shape index (κ1) is 19.1. The van der Waals surface area contributed by atoms with Crippen LogP contribution in [-0.4, -0.2) is 30.5 Å². The van der Waals surface area contributed by atoms with E-state index in [-0.39, 0.29) is 11.2 Å². The van der Waals surface area contributed by atoms with Crippen molar-refractivity contribution in [2.75, 3.05) is 5.73 Å². The molecule has 0 atom stereocenters. The fourth-order valence-corrected chi connectivity index (χ4v) is 4.07. The molecule has 4 N–H and O–H groups in total. The Kier molecular flexibility index (Phi) is 4.05. The number of aromatic nitrogens is 5. The Labute approximate surface area is 179 Å². The van der Waals surface area contributed by atoms with Crippen molar-refractivity contribution in [1.82, 2.24) is 24.7 Å². The van der Waals surface area contributed by atoms with Crippen molar-refractivity contribution in [2.45, 2.75) is 33.1 Å². The molecule has 0 aliphatic carbocycles. The Morgan fingerprint density at radius 1 is 1.06 bits per heavy atom. The number of benzene rings is 2. The molecule has 0 saturated heterocycles. The Bertz CT molecular complexity index is 1460. The van der Waals surface area contributed by atoms with Crippen LogP contribution < -0.4 is 5.73 Å². The van der Waals surface area contributed by atoms with Crippen LogP contribution in [0.4, 0.5) is 5.82 Å². The minimum Gasteiger partial charge on any atom is -0.383 e. The van der Waals surface area contributed by atoms with Crippen molar-refractivity contribution in [2.24, 2.45) is 0 Å². The highest BCUT2D eigenvalue weighted by molar-refractivity contribution is 6.12. The molecule has 0 spiro atoms. The average Bonchev–Trinajstić information content (AvgIpc) is 3.40. The van der Waals surface area contributed by atoms with Gasteiger partial charge < -0.3 is 15.7 Å². The summed E-state index contributed by atoms with van der Waals surface area (Å²) in [7, 11) is 0. The van der Waals surface area contributed by atoms with Crippen molar-refractivity contribution in [3.05, 3.63) is 71.3 Å². The van der Waals surface area contributed by atoms with Crippen LogP contribution in [0.5, 0.6) is 0 Å². The van der Waals surface area contributed by atoms with Crippen molar-refractivity contribution < 1.29 is 4.79 Å². The second-order valence-electron chi connectivity index (χ2n) is 8.91. The summed E-state index contributed by atoms with van der Waals surface area (Å²) in [4.78, 5) is 24.2. The van der Waals surface area contributed by atoms with Crippen LogP contribution in [-0.2, 0) is 5.41 Å². The summed E-state index contributed by atoms with van der Waals surface area (Å²) in [5.74, 6) is 0.957. The summed E-state index contributed by atoms with van der Waals surface area (Å²) in [6.07, 6.45) is 1.52. The van der Waals surface area contributed by atoms with E-state index in [9.17, 15) is 4.79 Å². The van der Waals surface area contributed by atoms with Crippen LogP contribution in [0.2, 0.25) is 0 Å². The largest absolute Gasteiger partial charge is 0.383 e. The third-order valence-electron chi connectivity index (χ3n) is 5.60. The maximum atomic E-state index is 13.3. The summed E-state index contributed by atoms with van der Waals surface area (Å²) in [6.45, 7) is 8.40. The van der Waals surface area contributed by atoms with Crippen molar-refractivity contribution in [3.63, 3.8) is 0 Å². The van der Waals surface area contributed by atoms with Gasteiger partial charge in [-0.3, -0.25) is 4.79 Å². The number of hydrogen-bond donors (Lipinski definition) is 3. The zero-order valence-electron chi connectivity index (χ0n) is 17.9. The molecule has 0 bridgehead atoms. The topological polar surface area (TPSA) is 105 Å². The van der Waals surface area contributed by atoms with Gasteiger partial charge in [0, 0.05) is 10.9 Å². The number of nitrogens with one attached hydrogen (secondary N) is 2. The van der Waals surface area contributed by atoms with Gasteiger partial charge in [0.05, 0.1) is 34.2 Å². The maximum absolute atomic E-state index is 13.3.